The topological polar surface area (TPSA) is 26.3 Å². The molecule has 0 bridgehead atoms. The predicted octanol–water partition coefficient (Wildman–Crippen LogP) is 3.03. The number of carbonyl (C=O) groups excluding carboxylic acids is 1. The molecule has 1 atom stereocenters. The van der Waals surface area contributed by atoms with E-state index < -0.39 is 11.2 Å². The molecule has 0 spiro atoms. The summed E-state index contributed by atoms with van der Waals surface area (Å²) in [6.07, 6.45) is 0.500. The average molecular weight is 231 g/mol. The highest BCUT2D eigenvalue weighted by molar-refractivity contribution is 6.34. The van der Waals surface area contributed by atoms with E-state index in [4.69, 9.17) is 16.3 Å². The van der Waals surface area contributed by atoms with Crippen molar-refractivity contribution in [3.05, 3.63) is 29.6 Å². The number of ketones is 1. The maximum Gasteiger partial charge on any atom is 0.184 e. The molecule has 15 heavy (non-hydrogen) atoms. The van der Waals surface area contributed by atoms with Crippen molar-refractivity contribution in [1.82, 2.24) is 0 Å². The highest BCUT2D eigenvalue weighted by Crippen LogP contribution is 2.23. The first kappa shape index (κ1) is 12.0. The quantitative estimate of drug-likeness (QED) is 0.587. The number of carbonyl (C=O) groups is 1. The molecule has 1 aromatic carbocycles. The molecule has 1 unspecified atom stereocenters. The standard InChI is InChI=1S/C11H12ClFO2/c1-3-9(12)11(14)8-6-7(13)4-5-10(8)15-2/h4-6,9H,3H2,1-2H3. The minimum absolute atomic E-state index is 0.194. The van der Waals surface area contributed by atoms with E-state index in [-0.39, 0.29) is 11.3 Å². The molecule has 0 amide bonds. The smallest absolute Gasteiger partial charge is 0.184 e. The summed E-state index contributed by atoms with van der Waals surface area (Å²) in [7, 11) is 1.43. The van der Waals surface area contributed by atoms with Crippen LogP contribution < -0.4 is 4.74 Å². The zero-order valence-electron chi connectivity index (χ0n) is 8.59. The molecule has 2 nitrogen and oxygen atoms in total. The van der Waals surface area contributed by atoms with Crippen molar-refractivity contribution in [3.63, 3.8) is 0 Å². The highest BCUT2D eigenvalue weighted by atomic mass is 35.5. The third-order valence-corrected chi connectivity index (χ3v) is 2.58. The monoisotopic (exact) mass is 230 g/mol. The maximum atomic E-state index is 13.0. The number of alkyl halides is 1. The third kappa shape index (κ3) is 2.69. The molecule has 0 aliphatic heterocycles. The largest absolute Gasteiger partial charge is 0.496 e. The lowest BCUT2D eigenvalue weighted by molar-refractivity contribution is 0.0982. The molecule has 0 aliphatic rings. The van der Waals surface area contributed by atoms with Crippen LogP contribution in [0.4, 0.5) is 4.39 Å². The van der Waals surface area contributed by atoms with Gasteiger partial charge in [0.2, 0.25) is 0 Å². The van der Waals surface area contributed by atoms with E-state index in [0.717, 1.165) is 6.07 Å². The van der Waals surface area contributed by atoms with Gasteiger partial charge in [0.25, 0.3) is 0 Å². The van der Waals surface area contributed by atoms with Gasteiger partial charge in [0.1, 0.15) is 11.6 Å². The van der Waals surface area contributed by atoms with Crippen LogP contribution in [0.25, 0.3) is 0 Å². The fraction of sp³-hybridized carbons (Fsp3) is 0.364. The zero-order chi connectivity index (χ0) is 11.4. The number of hydrogen-bond acceptors (Lipinski definition) is 2. The third-order valence-electron chi connectivity index (χ3n) is 2.07. The number of rotatable bonds is 4. The van der Waals surface area contributed by atoms with Crippen LogP contribution in [0.5, 0.6) is 5.75 Å². The molecule has 1 aromatic rings. The SMILES string of the molecule is CCC(Cl)C(=O)c1cc(F)ccc1OC. The van der Waals surface area contributed by atoms with Crippen molar-refractivity contribution in [2.75, 3.05) is 7.11 Å². The Morgan fingerprint density at radius 3 is 2.80 bits per heavy atom. The number of methoxy groups -OCH3 is 1. The molecule has 0 saturated heterocycles. The number of Topliss-reactive ketones (excluding diaryl/α,β-unsaturated/α-hetero) is 1. The van der Waals surface area contributed by atoms with Crippen LogP contribution in [0.3, 0.4) is 0 Å². The van der Waals surface area contributed by atoms with E-state index in [0.29, 0.717) is 12.2 Å². The average Bonchev–Trinajstić information content (AvgIpc) is 2.27. The Morgan fingerprint density at radius 1 is 1.60 bits per heavy atom. The second-order valence-electron chi connectivity index (χ2n) is 3.08. The van der Waals surface area contributed by atoms with Crippen molar-refractivity contribution < 1.29 is 13.9 Å². The number of halogens is 2. The summed E-state index contributed by atoms with van der Waals surface area (Å²) < 4.78 is 17.9. The fourth-order valence-electron chi connectivity index (χ4n) is 1.23. The molecule has 0 heterocycles. The molecule has 0 radical (unpaired) electrons. The van der Waals surface area contributed by atoms with Crippen molar-refractivity contribution in [2.24, 2.45) is 0 Å². The van der Waals surface area contributed by atoms with E-state index in [1.165, 1.54) is 19.2 Å². The van der Waals surface area contributed by atoms with Crippen molar-refractivity contribution in [1.29, 1.82) is 0 Å². The van der Waals surface area contributed by atoms with Crippen LogP contribution in [-0.4, -0.2) is 18.3 Å². The summed E-state index contributed by atoms with van der Waals surface area (Å²) in [5.41, 5.74) is 0.194. The molecular weight excluding hydrogens is 219 g/mol. The lowest BCUT2D eigenvalue weighted by Gasteiger charge is -2.10. The van der Waals surface area contributed by atoms with Crippen LogP contribution in [0.2, 0.25) is 0 Å². The second kappa shape index (κ2) is 5.12. The van der Waals surface area contributed by atoms with Crippen LogP contribution in [-0.2, 0) is 0 Å². The van der Waals surface area contributed by atoms with Crippen molar-refractivity contribution in [2.45, 2.75) is 18.7 Å². The zero-order valence-corrected chi connectivity index (χ0v) is 9.34. The fourth-order valence-corrected chi connectivity index (χ4v) is 1.34. The van der Waals surface area contributed by atoms with Gasteiger partial charge in [-0.1, -0.05) is 6.92 Å². The van der Waals surface area contributed by atoms with Gasteiger partial charge in [-0.2, -0.15) is 0 Å². The first-order valence-electron chi connectivity index (χ1n) is 4.62. The van der Waals surface area contributed by atoms with Gasteiger partial charge in [0, 0.05) is 0 Å². The van der Waals surface area contributed by atoms with Crippen molar-refractivity contribution in [3.8, 4) is 5.75 Å². The minimum Gasteiger partial charge on any atom is -0.496 e. The molecule has 0 aliphatic carbocycles. The molecule has 82 valence electrons. The van der Waals surface area contributed by atoms with E-state index in [2.05, 4.69) is 0 Å². The normalized spacial score (nSPS) is 12.3. The van der Waals surface area contributed by atoms with E-state index in [1.807, 2.05) is 0 Å². The van der Waals surface area contributed by atoms with Gasteiger partial charge in [0.15, 0.2) is 5.78 Å². The molecule has 0 aromatic heterocycles. The van der Waals surface area contributed by atoms with Gasteiger partial charge in [-0.3, -0.25) is 4.79 Å². The summed E-state index contributed by atoms with van der Waals surface area (Å²) in [6.45, 7) is 1.79. The summed E-state index contributed by atoms with van der Waals surface area (Å²) >= 11 is 5.80. The molecule has 0 fully saturated rings. The van der Waals surface area contributed by atoms with Gasteiger partial charge in [0.05, 0.1) is 18.1 Å². The molecule has 1 rings (SSSR count). The minimum atomic E-state index is -0.638. The van der Waals surface area contributed by atoms with Crippen LogP contribution >= 0.6 is 11.6 Å². The van der Waals surface area contributed by atoms with Crippen molar-refractivity contribution >= 4 is 17.4 Å². The van der Waals surface area contributed by atoms with E-state index in [9.17, 15) is 9.18 Å². The molecule has 0 N–H and O–H groups in total. The van der Waals surface area contributed by atoms with E-state index >= 15 is 0 Å². The lowest BCUT2D eigenvalue weighted by Crippen LogP contribution is -2.14. The summed E-state index contributed by atoms with van der Waals surface area (Å²) in [5, 5.41) is -0.638. The summed E-state index contributed by atoms with van der Waals surface area (Å²) in [4.78, 5) is 11.7. The second-order valence-corrected chi connectivity index (χ2v) is 3.61. The Morgan fingerprint density at radius 2 is 2.27 bits per heavy atom. The van der Waals surface area contributed by atoms with Gasteiger partial charge in [-0.15, -0.1) is 11.6 Å². The van der Waals surface area contributed by atoms with Gasteiger partial charge >= 0.3 is 0 Å². The Kier molecular flexibility index (Phi) is 4.09. The first-order chi connectivity index (χ1) is 7.10. The Bertz CT molecular complexity index is 366. The maximum absolute atomic E-state index is 13.0. The lowest BCUT2D eigenvalue weighted by atomic mass is 10.1. The summed E-state index contributed by atoms with van der Waals surface area (Å²) in [5.74, 6) is -0.435. The summed E-state index contributed by atoms with van der Waals surface area (Å²) in [6, 6.07) is 3.80. The van der Waals surface area contributed by atoms with Crippen LogP contribution in [0.15, 0.2) is 18.2 Å². The molecule has 4 heteroatoms. The van der Waals surface area contributed by atoms with E-state index in [1.54, 1.807) is 6.92 Å². The number of ether oxygens (including phenoxy) is 1. The molecular formula is C11H12ClFO2. The number of benzene rings is 1. The molecule has 0 saturated carbocycles. The van der Waals surface area contributed by atoms with Crippen LogP contribution in [0.1, 0.15) is 23.7 Å². The Balaban J connectivity index is 3.11. The first-order valence-corrected chi connectivity index (χ1v) is 5.05. The predicted molar refractivity (Wildman–Crippen MR) is 57.2 cm³/mol. The highest BCUT2D eigenvalue weighted by Gasteiger charge is 2.19. The Labute approximate surface area is 93.0 Å². The van der Waals surface area contributed by atoms with Gasteiger partial charge < -0.3 is 4.74 Å². The van der Waals surface area contributed by atoms with Crippen LogP contribution in [0, 0.1) is 5.82 Å². The van der Waals surface area contributed by atoms with Gasteiger partial charge in [-0.05, 0) is 24.6 Å². The number of hydrogen-bond donors (Lipinski definition) is 0. The Hall–Kier alpha value is -1.09. The van der Waals surface area contributed by atoms with Gasteiger partial charge in [-0.25, -0.2) is 4.39 Å².